The molecule has 1 aliphatic carbocycles. The average molecular weight is 478 g/mol. The number of rotatable bonds is 11. The molecule has 6 heteroatoms. The van der Waals surface area contributed by atoms with E-state index in [1.54, 1.807) is 0 Å². The third kappa shape index (κ3) is 7.10. The first-order chi connectivity index (χ1) is 17.1. The van der Waals surface area contributed by atoms with E-state index in [1.165, 1.54) is 11.1 Å². The van der Waals surface area contributed by atoms with E-state index in [-0.39, 0.29) is 30.3 Å². The normalized spacial score (nSPS) is 23.2. The molecule has 3 atom stereocenters. The van der Waals surface area contributed by atoms with Crippen LogP contribution in [0.15, 0.2) is 66.7 Å². The Hall–Kier alpha value is -2.80. The number of carbonyl (C=O) groups is 2. The molecule has 1 unspecified atom stereocenters. The molecule has 0 amide bonds. The second-order valence-electron chi connectivity index (χ2n) is 9.32. The van der Waals surface area contributed by atoms with Crippen LogP contribution in [0.4, 0.5) is 0 Å². The van der Waals surface area contributed by atoms with Gasteiger partial charge >= 0.3 is 5.97 Å². The zero-order valence-corrected chi connectivity index (χ0v) is 20.2. The Morgan fingerprint density at radius 3 is 2.40 bits per heavy atom. The fourth-order valence-corrected chi connectivity index (χ4v) is 5.13. The minimum absolute atomic E-state index is 0.114. The Morgan fingerprint density at radius 2 is 1.69 bits per heavy atom. The molecule has 1 N–H and O–H groups in total. The molecule has 1 aliphatic heterocycles. The fourth-order valence-electron chi connectivity index (χ4n) is 5.13. The minimum Gasteiger partial charge on any atom is -0.481 e. The molecule has 0 bridgehead atoms. The second kappa shape index (κ2) is 12.8. The Bertz CT molecular complexity index is 982. The van der Waals surface area contributed by atoms with Crippen LogP contribution in [0.25, 0.3) is 11.1 Å². The Labute approximate surface area is 207 Å². The van der Waals surface area contributed by atoms with Gasteiger partial charge in [0.1, 0.15) is 0 Å². The zero-order valence-electron chi connectivity index (χ0n) is 20.2. The van der Waals surface area contributed by atoms with Crippen molar-refractivity contribution in [3.63, 3.8) is 0 Å². The summed E-state index contributed by atoms with van der Waals surface area (Å²) < 4.78 is 11.9. The summed E-state index contributed by atoms with van der Waals surface area (Å²) in [5, 5.41) is 8.81. The highest BCUT2D eigenvalue weighted by Gasteiger charge is 2.45. The summed E-state index contributed by atoms with van der Waals surface area (Å²) in [7, 11) is 0. The number of carboxylic acid groups (broad SMARTS) is 1. The minimum atomic E-state index is -0.784. The van der Waals surface area contributed by atoms with Crippen LogP contribution < -0.4 is 0 Å². The monoisotopic (exact) mass is 477 g/mol. The van der Waals surface area contributed by atoms with Crippen molar-refractivity contribution in [2.24, 2.45) is 5.92 Å². The fraction of sp³-hybridized carbons (Fsp3) is 0.448. The van der Waals surface area contributed by atoms with Crippen molar-refractivity contribution in [3.05, 3.63) is 72.3 Å². The number of hydrogen-bond donors (Lipinski definition) is 1. The molecule has 35 heavy (non-hydrogen) atoms. The molecular formula is C29H35NO5. The number of hydrogen-bond acceptors (Lipinski definition) is 5. The number of nitrogens with zero attached hydrogens (tertiary/aromatic N) is 1. The highest BCUT2D eigenvalue weighted by Crippen LogP contribution is 2.35. The molecule has 1 saturated carbocycles. The topological polar surface area (TPSA) is 76.1 Å². The van der Waals surface area contributed by atoms with E-state index in [9.17, 15) is 9.59 Å². The maximum atomic E-state index is 13.1. The van der Waals surface area contributed by atoms with Crippen LogP contribution in [0.3, 0.4) is 0 Å². The largest absolute Gasteiger partial charge is 0.481 e. The van der Waals surface area contributed by atoms with Crippen LogP contribution in [0, 0.1) is 5.92 Å². The van der Waals surface area contributed by atoms with Crippen molar-refractivity contribution < 1.29 is 24.2 Å². The lowest BCUT2D eigenvalue weighted by Gasteiger charge is -2.35. The third-order valence-electron chi connectivity index (χ3n) is 6.94. The smallest absolute Gasteiger partial charge is 0.303 e. The van der Waals surface area contributed by atoms with E-state index < -0.39 is 5.97 Å². The SMILES string of the molecule is O=C(O)CC/C=C\CC[C@@H]1C(N2CCOCC2)C(=O)C[C@@H]1OCc1ccc(-c2ccccc2)cc1. The van der Waals surface area contributed by atoms with Gasteiger partial charge in [-0.15, -0.1) is 0 Å². The first-order valence-electron chi connectivity index (χ1n) is 12.6. The standard InChI is InChI=1S/C29H35NO5/c31-26-20-27(35-21-22-12-14-24(15-13-22)23-8-4-3-5-9-23)25(10-6-1-2-7-11-28(32)33)29(26)30-16-18-34-19-17-30/h1-5,8-9,12-15,25,27,29H,6-7,10-11,16-21H2,(H,32,33)/b2-1-/t25-,27-,29?/m0/s1. The van der Waals surface area contributed by atoms with Gasteiger partial charge in [0.15, 0.2) is 5.78 Å². The summed E-state index contributed by atoms with van der Waals surface area (Å²) >= 11 is 0. The molecular weight excluding hydrogens is 442 g/mol. The van der Waals surface area contributed by atoms with Gasteiger partial charge in [0.25, 0.3) is 0 Å². The van der Waals surface area contributed by atoms with Gasteiger partial charge in [0.05, 0.1) is 32.0 Å². The van der Waals surface area contributed by atoms with Gasteiger partial charge in [-0.25, -0.2) is 0 Å². The van der Waals surface area contributed by atoms with Crippen molar-refractivity contribution in [1.29, 1.82) is 0 Å². The number of aliphatic carboxylic acids is 1. The molecule has 2 aromatic rings. The van der Waals surface area contributed by atoms with Gasteiger partial charge < -0.3 is 14.6 Å². The second-order valence-corrected chi connectivity index (χ2v) is 9.32. The summed E-state index contributed by atoms with van der Waals surface area (Å²) in [5.74, 6) is -0.404. The van der Waals surface area contributed by atoms with Crippen molar-refractivity contribution in [3.8, 4) is 11.1 Å². The molecule has 0 spiro atoms. The molecule has 1 saturated heterocycles. The number of morpholine rings is 1. The summed E-state index contributed by atoms with van der Waals surface area (Å²) in [6, 6.07) is 18.6. The number of ketones is 1. The van der Waals surface area contributed by atoms with Crippen molar-refractivity contribution in [1.82, 2.24) is 4.90 Å². The Balaban J connectivity index is 1.38. The Morgan fingerprint density at radius 1 is 1.00 bits per heavy atom. The summed E-state index contributed by atoms with van der Waals surface area (Å²) in [5.41, 5.74) is 3.45. The molecule has 2 aliphatic rings. The van der Waals surface area contributed by atoms with Gasteiger partial charge in [-0.1, -0.05) is 66.7 Å². The van der Waals surface area contributed by atoms with Crippen LogP contribution in [-0.2, 0) is 25.7 Å². The quantitative estimate of drug-likeness (QED) is 0.472. The molecule has 2 aromatic carbocycles. The number of benzene rings is 2. The molecule has 6 nitrogen and oxygen atoms in total. The Kier molecular flexibility index (Phi) is 9.23. The van der Waals surface area contributed by atoms with Gasteiger partial charge in [-0.2, -0.15) is 0 Å². The predicted molar refractivity (Wildman–Crippen MR) is 135 cm³/mol. The first kappa shape index (κ1) is 25.3. The van der Waals surface area contributed by atoms with Gasteiger partial charge in [0.2, 0.25) is 0 Å². The van der Waals surface area contributed by atoms with E-state index in [0.29, 0.717) is 32.7 Å². The van der Waals surface area contributed by atoms with Crippen molar-refractivity contribution >= 4 is 11.8 Å². The highest BCUT2D eigenvalue weighted by atomic mass is 16.5. The van der Waals surface area contributed by atoms with Gasteiger partial charge in [-0.3, -0.25) is 14.5 Å². The first-order valence-corrected chi connectivity index (χ1v) is 12.6. The molecule has 2 fully saturated rings. The lowest BCUT2D eigenvalue weighted by atomic mass is 9.93. The van der Waals surface area contributed by atoms with Gasteiger partial charge in [0, 0.05) is 31.8 Å². The van der Waals surface area contributed by atoms with Crippen LogP contribution in [-0.4, -0.2) is 60.2 Å². The van der Waals surface area contributed by atoms with E-state index >= 15 is 0 Å². The van der Waals surface area contributed by atoms with Crippen molar-refractivity contribution in [2.75, 3.05) is 26.3 Å². The van der Waals surface area contributed by atoms with Gasteiger partial charge in [-0.05, 0) is 36.0 Å². The number of ether oxygens (including phenoxy) is 2. The maximum absolute atomic E-state index is 13.1. The number of carboxylic acids is 1. The van der Waals surface area contributed by atoms with Crippen LogP contribution in [0.1, 0.15) is 37.7 Å². The van der Waals surface area contributed by atoms with E-state index in [1.807, 2.05) is 30.4 Å². The van der Waals surface area contributed by atoms with E-state index in [4.69, 9.17) is 14.6 Å². The number of allylic oxidation sites excluding steroid dienone is 2. The molecule has 4 rings (SSSR count). The van der Waals surface area contributed by atoms with Crippen molar-refractivity contribution in [2.45, 2.75) is 50.9 Å². The third-order valence-corrected chi connectivity index (χ3v) is 6.94. The number of carbonyl (C=O) groups excluding carboxylic acids is 1. The molecule has 1 heterocycles. The molecule has 186 valence electrons. The lowest BCUT2D eigenvalue weighted by Crippen LogP contribution is -2.49. The van der Waals surface area contributed by atoms with E-state index in [0.717, 1.165) is 31.5 Å². The van der Waals surface area contributed by atoms with E-state index in [2.05, 4.69) is 41.3 Å². The summed E-state index contributed by atoms with van der Waals surface area (Å²) in [4.78, 5) is 26.1. The van der Waals surface area contributed by atoms with Crippen LogP contribution in [0.2, 0.25) is 0 Å². The molecule has 0 radical (unpaired) electrons. The van der Waals surface area contributed by atoms with Crippen LogP contribution >= 0.6 is 0 Å². The number of Topliss-reactive ketones (excluding diaryl/α,β-unsaturated/α-hetero) is 1. The predicted octanol–water partition coefficient (Wildman–Crippen LogP) is 4.73. The summed E-state index contributed by atoms with van der Waals surface area (Å²) in [6.07, 6.45) is 6.63. The lowest BCUT2D eigenvalue weighted by molar-refractivity contribution is -0.136. The van der Waals surface area contributed by atoms with Crippen LogP contribution in [0.5, 0.6) is 0 Å². The maximum Gasteiger partial charge on any atom is 0.303 e. The highest BCUT2D eigenvalue weighted by molar-refractivity contribution is 5.87. The zero-order chi connectivity index (χ0) is 24.5. The molecule has 0 aromatic heterocycles. The average Bonchev–Trinajstić information content (AvgIpc) is 3.20. The summed E-state index contributed by atoms with van der Waals surface area (Å²) in [6.45, 7) is 3.34.